The molecular weight excluding hydrogens is 377 g/mol. The lowest BCUT2D eigenvalue weighted by Gasteiger charge is -2.09. The lowest BCUT2D eigenvalue weighted by Crippen LogP contribution is -2.31. The summed E-state index contributed by atoms with van der Waals surface area (Å²) in [4.78, 5) is 0. The molecule has 2 aromatic rings. The van der Waals surface area contributed by atoms with Crippen molar-refractivity contribution < 1.29 is 17.5 Å². The summed E-state index contributed by atoms with van der Waals surface area (Å²) in [6.07, 6.45) is 0.927. The molecule has 0 saturated heterocycles. The summed E-state index contributed by atoms with van der Waals surface area (Å²) < 4.78 is 33.2. The Kier molecular flexibility index (Phi) is 5.39. The van der Waals surface area contributed by atoms with Gasteiger partial charge in [0.2, 0.25) is 14.8 Å². The SMILES string of the molecule is O=S(=O)([O-])CCCC[n+]1csc2ccc(C(Cl)(Cl)Cl)cc21. The Hall–Kier alpha value is -0.110. The van der Waals surface area contributed by atoms with Crippen LogP contribution in [-0.4, -0.2) is 18.7 Å². The molecule has 0 bridgehead atoms. The highest BCUT2D eigenvalue weighted by Crippen LogP contribution is 2.39. The van der Waals surface area contributed by atoms with Gasteiger partial charge < -0.3 is 4.55 Å². The van der Waals surface area contributed by atoms with Crippen LogP contribution in [0.15, 0.2) is 23.7 Å². The van der Waals surface area contributed by atoms with Crippen molar-refractivity contribution in [3.8, 4) is 0 Å². The van der Waals surface area contributed by atoms with E-state index in [4.69, 9.17) is 34.8 Å². The maximum Gasteiger partial charge on any atom is 0.225 e. The van der Waals surface area contributed by atoms with E-state index in [1.807, 2.05) is 22.2 Å². The number of aromatic nitrogens is 1. The van der Waals surface area contributed by atoms with E-state index in [9.17, 15) is 13.0 Å². The first-order valence-electron chi connectivity index (χ1n) is 6.08. The van der Waals surface area contributed by atoms with Crippen LogP contribution in [0.1, 0.15) is 18.4 Å². The van der Waals surface area contributed by atoms with Crippen LogP contribution < -0.4 is 4.57 Å². The number of halogens is 3. The van der Waals surface area contributed by atoms with Crippen molar-refractivity contribution in [2.24, 2.45) is 0 Å². The predicted molar refractivity (Wildman–Crippen MR) is 85.1 cm³/mol. The molecule has 0 amide bonds. The standard InChI is InChI=1S/C12H12Cl3NO3S2/c13-12(14,15)9-3-4-11-10(7-9)16(8-20-11)5-1-2-6-21(17,18)19/h3-4,7-8H,1-2,5-6H2. The van der Waals surface area contributed by atoms with Crippen LogP contribution in [-0.2, 0) is 20.5 Å². The summed E-state index contributed by atoms with van der Waals surface area (Å²) in [5.41, 5.74) is 3.43. The zero-order valence-electron chi connectivity index (χ0n) is 10.8. The van der Waals surface area contributed by atoms with Crippen molar-refractivity contribution in [3.63, 3.8) is 0 Å². The first-order valence-corrected chi connectivity index (χ1v) is 9.67. The summed E-state index contributed by atoms with van der Waals surface area (Å²) in [5.74, 6) is -0.338. The third kappa shape index (κ3) is 4.94. The molecule has 0 spiro atoms. The first-order chi connectivity index (χ1) is 9.67. The average Bonchev–Trinajstić information content (AvgIpc) is 2.75. The fraction of sp³-hybridized carbons (Fsp3) is 0.417. The van der Waals surface area contributed by atoms with Crippen molar-refractivity contribution in [1.29, 1.82) is 0 Å². The average molecular weight is 389 g/mol. The number of benzene rings is 1. The van der Waals surface area contributed by atoms with Gasteiger partial charge in [0, 0.05) is 23.8 Å². The van der Waals surface area contributed by atoms with Crippen LogP contribution in [0.2, 0.25) is 0 Å². The fourth-order valence-corrected chi connectivity index (χ4v) is 3.74. The molecule has 1 aromatic carbocycles. The van der Waals surface area contributed by atoms with E-state index in [1.54, 1.807) is 17.4 Å². The highest BCUT2D eigenvalue weighted by atomic mass is 35.6. The molecule has 0 fully saturated rings. The minimum absolute atomic E-state index is 0.334. The molecule has 1 heterocycles. The van der Waals surface area contributed by atoms with Crippen molar-refractivity contribution in [3.05, 3.63) is 29.3 Å². The van der Waals surface area contributed by atoms with E-state index in [0.29, 0.717) is 24.9 Å². The Morgan fingerprint density at radius 1 is 1.24 bits per heavy atom. The first kappa shape index (κ1) is 17.2. The van der Waals surface area contributed by atoms with E-state index in [2.05, 4.69) is 0 Å². The number of nitrogens with zero attached hydrogens (tertiary/aromatic N) is 1. The molecule has 0 saturated carbocycles. The van der Waals surface area contributed by atoms with E-state index in [1.165, 1.54) is 0 Å². The molecule has 0 N–H and O–H groups in total. The Morgan fingerprint density at radius 2 is 1.95 bits per heavy atom. The molecule has 4 nitrogen and oxygen atoms in total. The van der Waals surface area contributed by atoms with E-state index in [0.717, 1.165) is 10.2 Å². The zero-order valence-corrected chi connectivity index (χ0v) is 14.7. The lowest BCUT2D eigenvalue weighted by atomic mass is 10.2. The molecule has 0 atom stereocenters. The monoisotopic (exact) mass is 387 g/mol. The Balaban J connectivity index is 2.13. The fourth-order valence-electron chi connectivity index (χ4n) is 1.93. The molecule has 0 aliphatic rings. The lowest BCUT2D eigenvalue weighted by molar-refractivity contribution is -0.667. The number of alkyl halides is 3. The van der Waals surface area contributed by atoms with Crippen molar-refractivity contribution in [2.75, 3.05) is 5.75 Å². The molecule has 0 aliphatic carbocycles. The Labute approximate surface area is 142 Å². The molecule has 0 unspecified atom stereocenters. The van der Waals surface area contributed by atoms with Gasteiger partial charge in [-0.3, -0.25) is 0 Å². The number of hydrogen-bond acceptors (Lipinski definition) is 4. The van der Waals surface area contributed by atoms with Gasteiger partial charge in [-0.1, -0.05) is 52.2 Å². The number of hydrogen-bond donors (Lipinski definition) is 0. The molecule has 0 radical (unpaired) electrons. The second-order valence-corrected chi connectivity index (χ2v) is 9.26. The smallest absolute Gasteiger partial charge is 0.225 e. The van der Waals surface area contributed by atoms with Gasteiger partial charge in [0.15, 0.2) is 0 Å². The van der Waals surface area contributed by atoms with E-state index < -0.39 is 13.9 Å². The van der Waals surface area contributed by atoms with Crippen LogP contribution in [0.3, 0.4) is 0 Å². The van der Waals surface area contributed by atoms with Gasteiger partial charge in [-0.05, 0) is 12.5 Å². The van der Waals surface area contributed by atoms with Crippen molar-refractivity contribution in [2.45, 2.75) is 23.2 Å². The van der Waals surface area contributed by atoms with Gasteiger partial charge in [0.1, 0.15) is 11.2 Å². The summed E-state index contributed by atoms with van der Waals surface area (Å²) in [7, 11) is -4.14. The van der Waals surface area contributed by atoms with Crippen LogP contribution in [0.4, 0.5) is 0 Å². The maximum atomic E-state index is 10.6. The third-order valence-electron chi connectivity index (χ3n) is 2.95. The minimum Gasteiger partial charge on any atom is -0.748 e. The number of aryl methyl sites for hydroxylation is 1. The number of thiazole rings is 1. The van der Waals surface area contributed by atoms with E-state index in [-0.39, 0.29) is 5.75 Å². The molecule has 21 heavy (non-hydrogen) atoms. The van der Waals surface area contributed by atoms with Crippen molar-refractivity contribution >= 4 is 66.5 Å². The highest BCUT2D eigenvalue weighted by molar-refractivity contribution is 7.85. The normalized spacial score (nSPS) is 13.0. The number of fused-ring (bicyclic) bond motifs is 1. The summed E-state index contributed by atoms with van der Waals surface area (Å²) in [5, 5.41) is 0. The summed E-state index contributed by atoms with van der Waals surface area (Å²) in [6.45, 7) is 0.610. The largest absolute Gasteiger partial charge is 0.748 e. The Bertz CT molecular complexity index is 738. The van der Waals surface area contributed by atoms with Gasteiger partial charge in [-0.2, -0.15) is 4.57 Å². The van der Waals surface area contributed by atoms with Gasteiger partial charge in [0.25, 0.3) is 0 Å². The molecule has 1 aromatic heterocycles. The predicted octanol–water partition coefficient (Wildman–Crippen LogP) is 3.34. The topological polar surface area (TPSA) is 61.1 Å². The van der Waals surface area contributed by atoms with Gasteiger partial charge in [-0.25, -0.2) is 8.42 Å². The summed E-state index contributed by atoms with van der Waals surface area (Å²) in [6, 6.07) is 5.46. The molecule has 2 rings (SSSR count). The van der Waals surface area contributed by atoms with E-state index >= 15 is 0 Å². The second kappa shape index (κ2) is 6.56. The van der Waals surface area contributed by atoms with Crippen LogP contribution >= 0.6 is 46.1 Å². The highest BCUT2D eigenvalue weighted by Gasteiger charge is 2.25. The molecule has 116 valence electrons. The van der Waals surface area contributed by atoms with Crippen LogP contribution in [0.25, 0.3) is 10.2 Å². The maximum absolute atomic E-state index is 10.6. The van der Waals surface area contributed by atoms with Crippen LogP contribution in [0, 0.1) is 0 Å². The zero-order chi connectivity index (χ0) is 15.7. The van der Waals surface area contributed by atoms with Gasteiger partial charge in [0.05, 0.1) is 10.1 Å². The van der Waals surface area contributed by atoms with Crippen molar-refractivity contribution in [1.82, 2.24) is 0 Å². The van der Waals surface area contributed by atoms with Gasteiger partial charge >= 0.3 is 0 Å². The molecule has 0 aliphatic heterocycles. The number of rotatable bonds is 5. The number of unbranched alkanes of at least 4 members (excludes halogenated alkanes) is 1. The quantitative estimate of drug-likeness (QED) is 0.341. The second-order valence-electron chi connectivity index (χ2n) is 4.57. The van der Waals surface area contributed by atoms with Gasteiger partial charge in [-0.15, -0.1) is 0 Å². The summed E-state index contributed by atoms with van der Waals surface area (Å²) >= 11 is 19.2. The molecular formula is C12H12Cl3NO3S2. The molecule has 9 heteroatoms. The third-order valence-corrected chi connectivity index (χ3v) is 5.35. The van der Waals surface area contributed by atoms with Crippen LogP contribution in [0.5, 0.6) is 0 Å². The minimum atomic E-state index is -4.14. The Morgan fingerprint density at radius 3 is 2.57 bits per heavy atom.